The average molecular weight is 296 g/mol. The number of ether oxygens (including phenoxy) is 1. The topological polar surface area (TPSA) is 96.2 Å². The van der Waals surface area contributed by atoms with E-state index in [9.17, 15) is 10.1 Å². The molecule has 1 aromatic rings. The second-order valence-corrected chi connectivity index (χ2v) is 6.07. The summed E-state index contributed by atoms with van der Waals surface area (Å²) in [7, 11) is 1.68. The first-order valence-electron chi connectivity index (χ1n) is 7.49. The molecule has 0 bridgehead atoms. The third-order valence-electron chi connectivity index (χ3n) is 4.28. The van der Waals surface area contributed by atoms with Gasteiger partial charge in [-0.3, -0.25) is 10.1 Å². The van der Waals surface area contributed by atoms with Crippen LogP contribution in [-0.4, -0.2) is 27.9 Å². The summed E-state index contributed by atoms with van der Waals surface area (Å²) in [5.41, 5.74) is 6.23. The maximum Gasteiger partial charge on any atom is 0.353 e. The highest BCUT2D eigenvalue weighted by molar-refractivity contribution is 5.47. The lowest BCUT2D eigenvalue weighted by Crippen LogP contribution is -2.24. The normalized spacial score (nSPS) is 22.0. The summed E-state index contributed by atoms with van der Waals surface area (Å²) in [6, 6.07) is 0. The van der Waals surface area contributed by atoms with Crippen molar-refractivity contribution in [2.45, 2.75) is 39.0 Å². The van der Waals surface area contributed by atoms with Crippen LogP contribution in [0, 0.1) is 22.0 Å². The van der Waals surface area contributed by atoms with E-state index in [1.165, 1.54) is 4.68 Å². The molecule has 21 heavy (non-hydrogen) atoms. The molecule has 118 valence electrons. The van der Waals surface area contributed by atoms with Crippen molar-refractivity contribution in [2.24, 2.45) is 24.6 Å². The highest BCUT2D eigenvalue weighted by Crippen LogP contribution is 2.36. The van der Waals surface area contributed by atoms with Gasteiger partial charge in [0.2, 0.25) is 0 Å². The molecule has 2 atom stereocenters. The van der Waals surface area contributed by atoms with Crippen molar-refractivity contribution in [3.05, 3.63) is 15.8 Å². The van der Waals surface area contributed by atoms with Gasteiger partial charge < -0.3 is 10.5 Å². The largest absolute Gasteiger partial charge is 0.473 e. The summed E-state index contributed by atoms with van der Waals surface area (Å²) in [6.07, 6.45) is 3.35. The molecule has 1 aliphatic carbocycles. The third kappa shape index (κ3) is 3.18. The first kappa shape index (κ1) is 15.8. The maximum atomic E-state index is 11.3. The molecule has 1 heterocycles. The van der Waals surface area contributed by atoms with E-state index in [1.54, 1.807) is 7.05 Å². The summed E-state index contributed by atoms with van der Waals surface area (Å²) in [5, 5.41) is 15.6. The van der Waals surface area contributed by atoms with Gasteiger partial charge in [0.1, 0.15) is 5.69 Å². The minimum Gasteiger partial charge on any atom is -0.473 e. The van der Waals surface area contributed by atoms with E-state index in [0.717, 1.165) is 19.3 Å². The van der Waals surface area contributed by atoms with Gasteiger partial charge in [0.05, 0.1) is 11.5 Å². The molecule has 0 amide bonds. The number of nitrogens with zero attached hydrogens (tertiary/aromatic N) is 3. The van der Waals surface area contributed by atoms with Gasteiger partial charge >= 0.3 is 5.69 Å². The Morgan fingerprint density at radius 3 is 2.71 bits per heavy atom. The van der Waals surface area contributed by atoms with Crippen molar-refractivity contribution in [1.29, 1.82) is 0 Å². The predicted molar refractivity (Wildman–Crippen MR) is 79.3 cm³/mol. The summed E-state index contributed by atoms with van der Waals surface area (Å²) in [5.74, 6) is 1.08. The zero-order valence-corrected chi connectivity index (χ0v) is 12.9. The van der Waals surface area contributed by atoms with Crippen molar-refractivity contribution in [3.63, 3.8) is 0 Å². The van der Waals surface area contributed by atoms with Gasteiger partial charge in [-0.2, -0.15) is 5.10 Å². The van der Waals surface area contributed by atoms with Crippen LogP contribution in [0.25, 0.3) is 0 Å². The molecule has 1 saturated carbocycles. The fourth-order valence-corrected chi connectivity index (χ4v) is 3.07. The molecule has 7 nitrogen and oxygen atoms in total. The van der Waals surface area contributed by atoms with Crippen molar-refractivity contribution < 1.29 is 9.66 Å². The fourth-order valence-electron chi connectivity index (χ4n) is 3.07. The molecule has 1 fully saturated rings. The first-order valence-corrected chi connectivity index (χ1v) is 7.49. The molecule has 0 saturated heterocycles. The second kappa shape index (κ2) is 6.43. The van der Waals surface area contributed by atoms with Crippen LogP contribution in [0.1, 0.15) is 44.7 Å². The molecule has 1 aliphatic rings. The van der Waals surface area contributed by atoms with E-state index in [0.29, 0.717) is 30.7 Å². The number of aryl methyl sites for hydroxylation is 1. The smallest absolute Gasteiger partial charge is 0.353 e. The van der Waals surface area contributed by atoms with Gasteiger partial charge in [-0.25, -0.2) is 4.68 Å². The predicted octanol–water partition coefficient (Wildman–Crippen LogP) is 2.21. The quantitative estimate of drug-likeness (QED) is 0.641. The highest BCUT2D eigenvalue weighted by Gasteiger charge is 2.32. The van der Waals surface area contributed by atoms with E-state index in [1.807, 2.05) is 13.8 Å². The molecule has 0 aliphatic heterocycles. The van der Waals surface area contributed by atoms with Crippen molar-refractivity contribution >= 4 is 5.69 Å². The Morgan fingerprint density at radius 1 is 1.48 bits per heavy atom. The van der Waals surface area contributed by atoms with Gasteiger partial charge in [0, 0.05) is 13.0 Å². The minimum absolute atomic E-state index is 0.00482. The van der Waals surface area contributed by atoms with E-state index in [2.05, 4.69) is 5.10 Å². The zero-order valence-electron chi connectivity index (χ0n) is 12.9. The van der Waals surface area contributed by atoms with E-state index in [-0.39, 0.29) is 17.5 Å². The molecular formula is C14H24N4O3. The summed E-state index contributed by atoms with van der Waals surface area (Å²) < 4.78 is 7.25. The number of aromatic nitrogens is 2. The number of rotatable bonds is 6. The molecule has 0 aromatic carbocycles. The van der Waals surface area contributed by atoms with Gasteiger partial charge in [0.15, 0.2) is 0 Å². The fraction of sp³-hybridized carbons (Fsp3) is 0.786. The lowest BCUT2D eigenvalue weighted by Gasteiger charge is -2.17. The Bertz CT molecular complexity index is 513. The summed E-state index contributed by atoms with van der Waals surface area (Å²) >= 11 is 0. The Balaban J connectivity index is 2.18. The lowest BCUT2D eigenvalue weighted by atomic mass is 9.97. The number of hydrogen-bond donors (Lipinski definition) is 1. The SMILES string of the molecule is CC(C)c1nn(C)c(OCC2CCCC2CN)c1[N+](=O)[O-]. The standard InChI is InChI=1S/C14H24N4O3/c1-9(2)12-13(18(19)20)14(17(3)16-12)21-8-11-6-4-5-10(11)7-15/h9-11H,4-8,15H2,1-3H3. The molecule has 1 aromatic heterocycles. The summed E-state index contributed by atoms with van der Waals surface area (Å²) in [6.45, 7) is 4.90. The van der Waals surface area contributed by atoms with E-state index in [4.69, 9.17) is 10.5 Å². The van der Waals surface area contributed by atoms with Crippen molar-refractivity contribution in [2.75, 3.05) is 13.2 Å². The average Bonchev–Trinajstić information content (AvgIpc) is 3.00. The van der Waals surface area contributed by atoms with Gasteiger partial charge in [0.25, 0.3) is 5.88 Å². The zero-order chi connectivity index (χ0) is 15.6. The van der Waals surface area contributed by atoms with Crippen molar-refractivity contribution in [3.8, 4) is 5.88 Å². The van der Waals surface area contributed by atoms with Crippen LogP contribution >= 0.6 is 0 Å². The Morgan fingerprint density at radius 2 is 2.14 bits per heavy atom. The highest BCUT2D eigenvalue weighted by atomic mass is 16.6. The molecule has 0 radical (unpaired) electrons. The van der Waals surface area contributed by atoms with Crippen LogP contribution in [0.5, 0.6) is 5.88 Å². The lowest BCUT2D eigenvalue weighted by molar-refractivity contribution is -0.386. The monoisotopic (exact) mass is 296 g/mol. The van der Waals surface area contributed by atoms with Crippen LogP contribution in [-0.2, 0) is 7.05 Å². The second-order valence-electron chi connectivity index (χ2n) is 6.07. The van der Waals surface area contributed by atoms with Crippen LogP contribution in [0.15, 0.2) is 0 Å². The first-order chi connectivity index (χ1) is 9.95. The van der Waals surface area contributed by atoms with E-state index >= 15 is 0 Å². The molecule has 2 rings (SSSR count). The number of hydrogen-bond acceptors (Lipinski definition) is 5. The molecule has 7 heteroatoms. The Kier molecular flexibility index (Phi) is 4.82. The third-order valence-corrected chi connectivity index (χ3v) is 4.28. The maximum absolute atomic E-state index is 11.3. The minimum atomic E-state index is -0.396. The van der Waals surface area contributed by atoms with Crippen LogP contribution in [0.4, 0.5) is 5.69 Å². The van der Waals surface area contributed by atoms with Gasteiger partial charge in [-0.15, -0.1) is 0 Å². The van der Waals surface area contributed by atoms with Gasteiger partial charge in [-0.05, 0) is 31.2 Å². The molecular weight excluding hydrogens is 272 g/mol. The summed E-state index contributed by atoms with van der Waals surface area (Å²) in [4.78, 5) is 10.9. The van der Waals surface area contributed by atoms with Crippen LogP contribution in [0.2, 0.25) is 0 Å². The molecule has 2 N–H and O–H groups in total. The molecule has 2 unspecified atom stereocenters. The molecule has 0 spiro atoms. The Labute approximate surface area is 124 Å². The number of nitrogens with two attached hydrogens (primary N) is 1. The van der Waals surface area contributed by atoms with Crippen LogP contribution < -0.4 is 10.5 Å². The van der Waals surface area contributed by atoms with Crippen molar-refractivity contribution in [1.82, 2.24) is 9.78 Å². The van der Waals surface area contributed by atoms with E-state index < -0.39 is 4.92 Å². The number of nitro groups is 1. The van der Waals surface area contributed by atoms with Gasteiger partial charge in [-0.1, -0.05) is 20.3 Å². The van der Waals surface area contributed by atoms with Crippen LogP contribution in [0.3, 0.4) is 0 Å². The Hall–Kier alpha value is -1.63.